The first-order valence-electron chi connectivity index (χ1n) is 5.41. The molecule has 0 saturated heterocycles. The van der Waals surface area contributed by atoms with Gasteiger partial charge in [0.25, 0.3) is 0 Å². The van der Waals surface area contributed by atoms with Crippen molar-refractivity contribution in [3.63, 3.8) is 0 Å². The van der Waals surface area contributed by atoms with Crippen LogP contribution in [0, 0.1) is 0 Å². The van der Waals surface area contributed by atoms with Crippen LogP contribution in [0.15, 0.2) is 12.2 Å². The predicted molar refractivity (Wildman–Crippen MR) is 60.5 cm³/mol. The van der Waals surface area contributed by atoms with E-state index < -0.39 is 7.82 Å². The summed E-state index contributed by atoms with van der Waals surface area (Å²) < 4.78 is 14.6. The summed E-state index contributed by atoms with van der Waals surface area (Å²) in [5, 5.41) is 0. The van der Waals surface area contributed by atoms with Crippen LogP contribution in [0.25, 0.3) is 0 Å². The monoisotopic (exact) mass is 236 g/mol. The number of phosphoric acid groups is 1. The Balaban J connectivity index is 3.20. The van der Waals surface area contributed by atoms with Gasteiger partial charge in [0.15, 0.2) is 0 Å². The van der Waals surface area contributed by atoms with Gasteiger partial charge in [0.2, 0.25) is 0 Å². The maximum atomic E-state index is 10.3. The number of rotatable bonds is 9. The van der Waals surface area contributed by atoms with Crippen LogP contribution in [0.5, 0.6) is 0 Å². The van der Waals surface area contributed by atoms with E-state index in [0.717, 1.165) is 12.8 Å². The second-order valence-electron chi connectivity index (χ2n) is 3.43. The van der Waals surface area contributed by atoms with Crippen molar-refractivity contribution in [2.24, 2.45) is 0 Å². The number of hydrogen-bond donors (Lipinski definition) is 2. The Hall–Kier alpha value is -0.150. The smallest absolute Gasteiger partial charge is 0.303 e. The molecule has 0 aromatic heterocycles. The van der Waals surface area contributed by atoms with Crippen LogP contribution in [-0.2, 0) is 9.09 Å². The molecule has 4 nitrogen and oxygen atoms in total. The van der Waals surface area contributed by atoms with Gasteiger partial charge in [0.05, 0.1) is 6.61 Å². The number of phosphoric ester groups is 1. The van der Waals surface area contributed by atoms with E-state index in [-0.39, 0.29) is 6.61 Å². The Labute approximate surface area is 91.6 Å². The van der Waals surface area contributed by atoms with Crippen molar-refractivity contribution in [3.8, 4) is 0 Å². The summed E-state index contributed by atoms with van der Waals surface area (Å²) in [5.74, 6) is 0. The highest BCUT2D eigenvalue weighted by molar-refractivity contribution is 7.46. The molecule has 0 heterocycles. The van der Waals surface area contributed by atoms with Gasteiger partial charge in [-0.05, 0) is 25.7 Å². The second kappa shape index (κ2) is 9.10. The van der Waals surface area contributed by atoms with Crippen LogP contribution in [0.3, 0.4) is 0 Å². The summed E-state index contributed by atoms with van der Waals surface area (Å²) in [4.78, 5) is 16.8. The molecule has 0 aliphatic rings. The van der Waals surface area contributed by atoms with E-state index in [0.29, 0.717) is 6.42 Å². The molecule has 0 rings (SSSR count). The lowest BCUT2D eigenvalue weighted by atomic mass is 10.2. The van der Waals surface area contributed by atoms with E-state index in [4.69, 9.17) is 9.79 Å². The molecule has 0 aromatic rings. The Morgan fingerprint density at radius 1 is 1.13 bits per heavy atom. The van der Waals surface area contributed by atoms with Gasteiger partial charge in [-0.2, -0.15) is 0 Å². The third kappa shape index (κ3) is 13.9. The Bertz CT molecular complexity index is 209. The van der Waals surface area contributed by atoms with Crippen LogP contribution in [0.4, 0.5) is 0 Å². The second-order valence-corrected chi connectivity index (χ2v) is 4.67. The molecule has 0 unspecified atom stereocenters. The van der Waals surface area contributed by atoms with E-state index in [1.54, 1.807) is 0 Å². The van der Waals surface area contributed by atoms with Crippen LogP contribution in [0.1, 0.15) is 45.4 Å². The van der Waals surface area contributed by atoms with Crippen LogP contribution >= 0.6 is 7.82 Å². The van der Waals surface area contributed by atoms with Gasteiger partial charge in [-0.25, -0.2) is 4.57 Å². The van der Waals surface area contributed by atoms with E-state index >= 15 is 0 Å². The molecule has 2 N–H and O–H groups in total. The van der Waals surface area contributed by atoms with E-state index in [1.165, 1.54) is 19.3 Å². The molecule has 0 aliphatic heterocycles. The molecule has 90 valence electrons. The van der Waals surface area contributed by atoms with Crippen LogP contribution in [-0.4, -0.2) is 16.4 Å². The topological polar surface area (TPSA) is 66.8 Å². The minimum absolute atomic E-state index is 0.115. The normalized spacial score (nSPS) is 12.5. The van der Waals surface area contributed by atoms with Crippen molar-refractivity contribution in [3.05, 3.63) is 12.2 Å². The molecule has 0 aliphatic carbocycles. The summed E-state index contributed by atoms with van der Waals surface area (Å²) in [6.45, 7) is 2.28. The predicted octanol–water partition coefficient (Wildman–Crippen LogP) is 3.01. The molecule has 0 saturated carbocycles. The fourth-order valence-electron chi connectivity index (χ4n) is 1.13. The summed E-state index contributed by atoms with van der Waals surface area (Å²) in [6.07, 6.45) is 10.4. The van der Waals surface area contributed by atoms with Gasteiger partial charge in [-0.3, -0.25) is 4.52 Å². The fraction of sp³-hybridized carbons (Fsp3) is 0.800. The molecule has 0 spiro atoms. The van der Waals surface area contributed by atoms with Gasteiger partial charge in [-0.15, -0.1) is 0 Å². The van der Waals surface area contributed by atoms with Crippen LogP contribution < -0.4 is 0 Å². The molecule has 0 radical (unpaired) electrons. The molecule has 0 fully saturated rings. The first-order chi connectivity index (χ1) is 7.06. The molecule has 0 amide bonds. The van der Waals surface area contributed by atoms with Crippen molar-refractivity contribution in [2.75, 3.05) is 6.61 Å². The molecule has 5 heteroatoms. The van der Waals surface area contributed by atoms with Gasteiger partial charge in [-0.1, -0.05) is 31.9 Å². The zero-order valence-corrected chi connectivity index (χ0v) is 10.2. The standard InChI is InChI=1S/C10H21O4P/c1-2-3-4-5-6-7-8-9-10-14-15(11,12)13/h6-7H,2-5,8-10H2,1H3,(H2,11,12,13). The zero-order chi connectivity index (χ0) is 11.6. The van der Waals surface area contributed by atoms with Gasteiger partial charge in [0.1, 0.15) is 0 Å². The van der Waals surface area contributed by atoms with Crippen molar-refractivity contribution >= 4 is 7.82 Å². The molecular formula is C10H21O4P. The van der Waals surface area contributed by atoms with E-state index in [1.807, 2.05) is 6.08 Å². The lowest BCUT2D eigenvalue weighted by molar-refractivity contribution is 0.195. The summed E-state index contributed by atoms with van der Waals surface area (Å²) in [7, 11) is -4.26. The molecular weight excluding hydrogens is 215 g/mol. The number of hydrogen-bond acceptors (Lipinski definition) is 2. The lowest BCUT2D eigenvalue weighted by Crippen LogP contribution is -1.90. The zero-order valence-electron chi connectivity index (χ0n) is 9.26. The van der Waals surface area contributed by atoms with Gasteiger partial charge in [0, 0.05) is 0 Å². The Morgan fingerprint density at radius 3 is 2.27 bits per heavy atom. The van der Waals surface area contributed by atoms with Crippen molar-refractivity contribution in [1.29, 1.82) is 0 Å². The quantitative estimate of drug-likeness (QED) is 0.367. The molecule has 0 bridgehead atoms. The highest BCUT2D eigenvalue weighted by Gasteiger charge is 2.11. The Kier molecular flexibility index (Phi) is 9.01. The molecule has 0 aromatic carbocycles. The third-order valence-corrected chi connectivity index (χ3v) is 2.43. The van der Waals surface area contributed by atoms with Gasteiger partial charge < -0.3 is 9.79 Å². The Morgan fingerprint density at radius 2 is 1.73 bits per heavy atom. The highest BCUT2D eigenvalue weighted by Crippen LogP contribution is 2.35. The van der Waals surface area contributed by atoms with Crippen molar-refractivity contribution in [2.45, 2.75) is 45.4 Å². The average Bonchev–Trinajstić information content (AvgIpc) is 2.14. The third-order valence-electron chi connectivity index (χ3n) is 1.92. The first-order valence-corrected chi connectivity index (χ1v) is 6.94. The van der Waals surface area contributed by atoms with Crippen LogP contribution in [0.2, 0.25) is 0 Å². The lowest BCUT2D eigenvalue weighted by Gasteiger charge is -2.02. The minimum Gasteiger partial charge on any atom is -0.303 e. The van der Waals surface area contributed by atoms with E-state index in [2.05, 4.69) is 17.5 Å². The first kappa shape index (κ1) is 14.8. The molecule has 15 heavy (non-hydrogen) atoms. The maximum Gasteiger partial charge on any atom is 0.469 e. The number of allylic oxidation sites excluding steroid dienone is 2. The average molecular weight is 236 g/mol. The summed E-state index contributed by atoms with van der Waals surface area (Å²) in [6, 6.07) is 0. The fourth-order valence-corrected chi connectivity index (χ4v) is 1.50. The van der Waals surface area contributed by atoms with Crippen molar-refractivity contribution < 1.29 is 18.9 Å². The SMILES string of the molecule is CCCCCC=CCCCOP(=O)(O)O. The molecule has 0 atom stereocenters. The highest BCUT2D eigenvalue weighted by atomic mass is 31.2. The summed E-state index contributed by atoms with van der Waals surface area (Å²) in [5.41, 5.74) is 0. The maximum absolute atomic E-state index is 10.3. The van der Waals surface area contributed by atoms with Gasteiger partial charge >= 0.3 is 7.82 Å². The summed E-state index contributed by atoms with van der Waals surface area (Å²) >= 11 is 0. The van der Waals surface area contributed by atoms with Crippen molar-refractivity contribution in [1.82, 2.24) is 0 Å². The van der Waals surface area contributed by atoms with E-state index in [9.17, 15) is 4.57 Å². The largest absolute Gasteiger partial charge is 0.469 e. The number of unbranched alkanes of at least 4 members (excludes halogenated alkanes) is 4. The minimum atomic E-state index is -4.26.